The van der Waals surface area contributed by atoms with E-state index in [-0.39, 0.29) is 5.91 Å². The number of halogens is 1. The number of methoxy groups -OCH3 is 1. The zero-order valence-corrected chi connectivity index (χ0v) is 14.5. The molecule has 0 saturated heterocycles. The lowest BCUT2D eigenvalue weighted by molar-refractivity contribution is 0.0827. The van der Waals surface area contributed by atoms with Crippen molar-refractivity contribution in [3.05, 3.63) is 57.2 Å². The first kappa shape index (κ1) is 16.0. The number of amides is 1. The molecule has 0 radical (unpaired) electrons. The summed E-state index contributed by atoms with van der Waals surface area (Å²) in [6.45, 7) is 0.526. The van der Waals surface area contributed by atoms with E-state index >= 15 is 0 Å². The molecule has 0 atom stereocenters. The van der Waals surface area contributed by atoms with Crippen LogP contribution < -0.4 is 0 Å². The van der Waals surface area contributed by atoms with Crippen molar-refractivity contribution in [2.75, 3.05) is 21.2 Å². The van der Waals surface area contributed by atoms with Crippen molar-refractivity contribution in [1.29, 1.82) is 0 Å². The summed E-state index contributed by atoms with van der Waals surface area (Å²) in [5.74, 6) is 0.00530. The lowest BCUT2D eigenvalue weighted by atomic mass is 9.97. The minimum absolute atomic E-state index is 0.00530. The summed E-state index contributed by atoms with van der Waals surface area (Å²) in [4.78, 5) is 13.7. The number of rotatable bonds is 4. The van der Waals surface area contributed by atoms with Gasteiger partial charge in [-0.15, -0.1) is 0 Å². The van der Waals surface area contributed by atoms with Crippen molar-refractivity contribution in [3.8, 4) is 11.1 Å². The fourth-order valence-electron chi connectivity index (χ4n) is 2.15. The Bertz CT molecular complexity index is 636. The van der Waals surface area contributed by atoms with Gasteiger partial charge >= 0.3 is 0 Å². The van der Waals surface area contributed by atoms with Crippen LogP contribution in [0.15, 0.2) is 42.5 Å². The molecule has 0 heterocycles. The van der Waals surface area contributed by atoms with Crippen LogP contribution in [0.5, 0.6) is 0 Å². The van der Waals surface area contributed by atoms with Crippen LogP contribution in [0.2, 0.25) is 0 Å². The van der Waals surface area contributed by atoms with Crippen molar-refractivity contribution in [2.45, 2.75) is 6.61 Å². The highest BCUT2D eigenvalue weighted by atomic mass is 127. The van der Waals surface area contributed by atoms with E-state index in [1.54, 1.807) is 26.1 Å². The quantitative estimate of drug-likeness (QED) is 0.737. The third-order valence-corrected chi connectivity index (χ3v) is 3.94. The van der Waals surface area contributed by atoms with Crippen molar-refractivity contribution in [1.82, 2.24) is 4.90 Å². The predicted molar refractivity (Wildman–Crippen MR) is 93.3 cm³/mol. The van der Waals surface area contributed by atoms with Crippen LogP contribution in [0.3, 0.4) is 0 Å². The van der Waals surface area contributed by atoms with Gasteiger partial charge < -0.3 is 9.64 Å². The van der Waals surface area contributed by atoms with Crippen LogP contribution in [0.1, 0.15) is 15.9 Å². The van der Waals surface area contributed by atoms with Gasteiger partial charge in [0.25, 0.3) is 5.91 Å². The van der Waals surface area contributed by atoms with Crippen LogP contribution in [-0.2, 0) is 11.3 Å². The molecule has 0 unspecified atom stereocenters. The third kappa shape index (κ3) is 3.83. The van der Waals surface area contributed by atoms with E-state index in [1.807, 2.05) is 18.2 Å². The van der Waals surface area contributed by atoms with Gasteiger partial charge in [0.15, 0.2) is 0 Å². The Morgan fingerprint density at radius 3 is 2.38 bits per heavy atom. The van der Waals surface area contributed by atoms with Gasteiger partial charge in [0.1, 0.15) is 0 Å². The molecule has 0 bridgehead atoms. The highest BCUT2D eigenvalue weighted by Crippen LogP contribution is 2.27. The molecule has 0 aromatic heterocycles. The summed E-state index contributed by atoms with van der Waals surface area (Å²) in [5, 5.41) is 0. The van der Waals surface area contributed by atoms with E-state index in [0.29, 0.717) is 12.2 Å². The van der Waals surface area contributed by atoms with E-state index in [9.17, 15) is 4.79 Å². The Kier molecular flexibility index (Phi) is 5.36. The predicted octanol–water partition coefficient (Wildman–Crippen LogP) is 3.81. The summed E-state index contributed by atoms with van der Waals surface area (Å²) in [7, 11) is 5.20. The largest absolute Gasteiger partial charge is 0.380 e. The average Bonchev–Trinajstić information content (AvgIpc) is 2.48. The number of carbonyl (C=O) groups excluding carboxylic acids is 1. The molecule has 21 heavy (non-hydrogen) atoms. The Hall–Kier alpha value is -1.40. The molecule has 0 saturated carbocycles. The van der Waals surface area contributed by atoms with Crippen LogP contribution in [0.4, 0.5) is 0 Å². The normalized spacial score (nSPS) is 10.5. The Morgan fingerprint density at radius 1 is 1.14 bits per heavy atom. The molecule has 2 aromatic carbocycles. The third-order valence-electron chi connectivity index (χ3n) is 3.22. The summed E-state index contributed by atoms with van der Waals surface area (Å²) in [6, 6.07) is 14.0. The second-order valence-electron chi connectivity index (χ2n) is 5.01. The lowest BCUT2D eigenvalue weighted by Crippen LogP contribution is -2.21. The molecule has 0 aliphatic rings. The zero-order valence-electron chi connectivity index (χ0n) is 12.4. The number of hydrogen-bond acceptors (Lipinski definition) is 2. The van der Waals surface area contributed by atoms with E-state index < -0.39 is 0 Å². The fourth-order valence-corrected chi connectivity index (χ4v) is 2.51. The fraction of sp³-hybridized carbons (Fsp3) is 0.235. The van der Waals surface area contributed by atoms with Gasteiger partial charge in [0, 0.05) is 30.3 Å². The van der Waals surface area contributed by atoms with Crippen molar-refractivity contribution >= 4 is 28.5 Å². The standard InChI is InChI=1S/C17H18INO2/c1-19(2)17(20)13-4-5-14(11-21-3)16(10-13)12-6-8-15(18)9-7-12/h4-10H,11H2,1-3H3. The summed E-state index contributed by atoms with van der Waals surface area (Å²) < 4.78 is 6.45. The second kappa shape index (κ2) is 7.04. The first-order valence-corrected chi connectivity index (χ1v) is 7.70. The van der Waals surface area contributed by atoms with Crippen molar-refractivity contribution in [2.24, 2.45) is 0 Å². The molecule has 0 aliphatic heterocycles. The molecule has 0 aliphatic carbocycles. The zero-order chi connectivity index (χ0) is 15.4. The van der Waals surface area contributed by atoms with Gasteiger partial charge in [-0.1, -0.05) is 18.2 Å². The van der Waals surface area contributed by atoms with Crippen LogP contribution in [0, 0.1) is 3.57 Å². The topological polar surface area (TPSA) is 29.5 Å². The molecule has 0 fully saturated rings. The van der Waals surface area contributed by atoms with Gasteiger partial charge in [0.2, 0.25) is 0 Å². The van der Waals surface area contributed by atoms with E-state index in [0.717, 1.165) is 16.7 Å². The molecular formula is C17H18INO2. The van der Waals surface area contributed by atoms with Gasteiger partial charge in [-0.25, -0.2) is 0 Å². The van der Waals surface area contributed by atoms with Crippen LogP contribution in [0.25, 0.3) is 11.1 Å². The van der Waals surface area contributed by atoms with E-state index in [1.165, 1.54) is 3.57 Å². The van der Waals surface area contributed by atoms with E-state index in [2.05, 4.69) is 46.9 Å². The maximum atomic E-state index is 12.1. The molecule has 2 aromatic rings. The highest BCUT2D eigenvalue weighted by Gasteiger charge is 2.12. The molecule has 4 heteroatoms. The Labute approximate surface area is 139 Å². The molecular weight excluding hydrogens is 377 g/mol. The number of hydrogen-bond donors (Lipinski definition) is 0. The minimum atomic E-state index is 0.00530. The molecule has 110 valence electrons. The second-order valence-corrected chi connectivity index (χ2v) is 6.26. The van der Waals surface area contributed by atoms with E-state index in [4.69, 9.17) is 4.74 Å². The average molecular weight is 395 g/mol. The van der Waals surface area contributed by atoms with Gasteiger partial charge in [0.05, 0.1) is 6.61 Å². The summed E-state index contributed by atoms with van der Waals surface area (Å²) >= 11 is 2.28. The van der Waals surface area contributed by atoms with Crippen molar-refractivity contribution in [3.63, 3.8) is 0 Å². The molecule has 2 rings (SSSR count). The summed E-state index contributed by atoms with van der Waals surface area (Å²) in [5.41, 5.74) is 3.90. The highest BCUT2D eigenvalue weighted by molar-refractivity contribution is 14.1. The summed E-state index contributed by atoms with van der Waals surface area (Å²) in [6.07, 6.45) is 0. The molecule has 0 N–H and O–H groups in total. The Morgan fingerprint density at radius 2 is 1.81 bits per heavy atom. The van der Waals surface area contributed by atoms with Gasteiger partial charge in [-0.05, 0) is 63.5 Å². The maximum Gasteiger partial charge on any atom is 0.253 e. The number of benzene rings is 2. The minimum Gasteiger partial charge on any atom is -0.380 e. The van der Waals surface area contributed by atoms with Crippen molar-refractivity contribution < 1.29 is 9.53 Å². The maximum absolute atomic E-state index is 12.1. The number of nitrogens with zero attached hydrogens (tertiary/aromatic N) is 1. The number of ether oxygens (including phenoxy) is 1. The van der Waals surface area contributed by atoms with Gasteiger partial charge in [-0.3, -0.25) is 4.79 Å². The SMILES string of the molecule is COCc1ccc(C(=O)N(C)C)cc1-c1ccc(I)cc1. The molecule has 1 amide bonds. The first-order chi connectivity index (χ1) is 10.0. The molecule has 0 spiro atoms. The lowest BCUT2D eigenvalue weighted by Gasteiger charge is -2.14. The van der Waals surface area contributed by atoms with Crippen LogP contribution in [-0.4, -0.2) is 32.0 Å². The van der Waals surface area contributed by atoms with Gasteiger partial charge in [-0.2, -0.15) is 0 Å². The first-order valence-electron chi connectivity index (χ1n) is 6.62. The monoisotopic (exact) mass is 395 g/mol. The number of carbonyl (C=O) groups is 1. The smallest absolute Gasteiger partial charge is 0.253 e. The Balaban J connectivity index is 2.51. The molecule has 3 nitrogen and oxygen atoms in total. The van der Waals surface area contributed by atoms with Crippen LogP contribution >= 0.6 is 22.6 Å².